The van der Waals surface area contributed by atoms with Crippen LogP contribution in [0.4, 0.5) is 0 Å². The van der Waals surface area contributed by atoms with Crippen LogP contribution in [0, 0.1) is 0 Å². The van der Waals surface area contributed by atoms with Gasteiger partial charge >= 0.3 is 0 Å². The Balaban J connectivity index is 3.61. The van der Waals surface area contributed by atoms with Gasteiger partial charge in [-0.05, 0) is 12.8 Å². The highest BCUT2D eigenvalue weighted by molar-refractivity contribution is 9.09. The third-order valence-electron chi connectivity index (χ3n) is 1.84. The minimum absolute atomic E-state index is 0.403. The number of halogens is 1. The molecule has 1 nitrogen and oxygen atoms in total. The third kappa shape index (κ3) is 4.81. The Kier molecular flexibility index (Phi) is 7.39. The van der Waals surface area contributed by atoms with Crippen LogP contribution in [0.1, 0.15) is 39.5 Å². The first-order chi connectivity index (χ1) is 5.26. The Morgan fingerprint density at radius 2 is 1.73 bits per heavy atom. The first-order valence-corrected chi connectivity index (χ1v) is 5.34. The van der Waals surface area contributed by atoms with Crippen molar-refractivity contribution in [2.24, 2.45) is 0 Å². The Bertz CT molecular complexity index is 85.6. The molecule has 0 aliphatic carbocycles. The average molecular weight is 223 g/mol. The highest BCUT2D eigenvalue weighted by Crippen LogP contribution is 2.18. The molecule has 2 atom stereocenters. The van der Waals surface area contributed by atoms with Crippen molar-refractivity contribution in [3.63, 3.8) is 0 Å². The molecule has 2 heteroatoms. The molecule has 0 amide bonds. The zero-order valence-electron chi connectivity index (χ0n) is 7.77. The second-order valence-corrected chi connectivity index (χ2v) is 4.04. The Hall–Kier alpha value is 0.440. The van der Waals surface area contributed by atoms with E-state index < -0.39 is 0 Å². The number of hydrogen-bond acceptors (Lipinski definition) is 1. The van der Waals surface area contributed by atoms with Crippen molar-refractivity contribution in [1.82, 2.24) is 0 Å². The molecule has 0 spiro atoms. The molecule has 68 valence electrons. The van der Waals surface area contributed by atoms with E-state index in [2.05, 4.69) is 29.8 Å². The summed E-state index contributed by atoms with van der Waals surface area (Å²) in [7, 11) is 1.80. The van der Waals surface area contributed by atoms with Gasteiger partial charge in [0.05, 0.1) is 6.10 Å². The molecule has 11 heavy (non-hydrogen) atoms. The standard InChI is InChI=1S/C9H19BrO/c1-4-6-8(10)9(11-3)7-5-2/h8-9H,4-7H2,1-3H3/t8-,9-/m0/s1. The molecule has 0 saturated carbocycles. The molecule has 0 aromatic heterocycles. The highest BCUT2D eigenvalue weighted by Gasteiger charge is 2.15. The lowest BCUT2D eigenvalue weighted by Crippen LogP contribution is -2.22. The fraction of sp³-hybridized carbons (Fsp3) is 1.00. The summed E-state index contributed by atoms with van der Waals surface area (Å²) >= 11 is 3.64. The van der Waals surface area contributed by atoms with Gasteiger partial charge in [-0.15, -0.1) is 0 Å². The van der Waals surface area contributed by atoms with Crippen LogP contribution in [0.15, 0.2) is 0 Å². The van der Waals surface area contributed by atoms with Gasteiger partial charge in [-0.2, -0.15) is 0 Å². The number of hydrogen-bond donors (Lipinski definition) is 0. The van der Waals surface area contributed by atoms with E-state index in [9.17, 15) is 0 Å². The van der Waals surface area contributed by atoms with Crippen LogP contribution in [0.5, 0.6) is 0 Å². The zero-order chi connectivity index (χ0) is 8.69. The van der Waals surface area contributed by atoms with E-state index in [1.165, 1.54) is 19.3 Å². The Morgan fingerprint density at radius 1 is 1.18 bits per heavy atom. The summed E-state index contributed by atoms with van der Waals surface area (Å²) in [6, 6.07) is 0. The molecule has 0 radical (unpaired) electrons. The second-order valence-electron chi connectivity index (χ2n) is 2.87. The summed E-state index contributed by atoms with van der Waals surface area (Å²) in [5.74, 6) is 0. The lowest BCUT2D eigenvalue weighted by molar-refractivity contribution is 0.0919. The van der Waals surface area contributed by atoms with Crippen LogP contribution in [0.3, 0.4) is 0 Å². The minimum Gasteiger partial charge on any atom is -0.380 e. The second kappa shape index (κ2) is 7.11. The monoisotopic (exact) mass is 222 g/mol. The van der Waals surface area contributed by atoms with Gasteiger partial charge in [0.1, 0.15) is 0 Å². The van der Waals surface area contributed by atoms with Gasteiger partial charge in [-0.3, -0.25) is 0 Å². The summed E-state index contributed by atoms with van der Waals surface area (Å²) in [5.41, 5.74) is 0. The van der Waals surface area contributed by atoms with Gasteiger partial charge in [-0.25, -0.2) is 0 Å². The predicted octanol–water partition coefficient (Wildman–Crippen LogP) is 3.37. The maximum absolute atomic E-state index is 5.36. The number of alkyl halides is 1. The molecule has 0 aromatic rings. The van der Waals surface area contributed by atoms with Crippen LogP contribution in [-0.2, 0) is 4.74 Å². The summed E-state index contributed by atoms with van der Waals surface area (Å²) < 4.78 is 5.36. The molecule has 0 aliphatic rings. The van der Waals surface area contributed by atoms with E-state index in [-0.39, 0.29) is 0 Å². The van der Waals surface area contributed by atoms with Crippen molar-refractivity contribution in [2.75, 3.05) is 7.11 Å². The van der Waals surface area contributed by atoms with Gasteiger partial charge < -0.3 is 4.74 Å². The molecule has 0 fully saturated rings. The summed E-state index contributed by atoms with van der Waals surface area (Å²) in [6.07, 6.45) is 5.19. The van der Waals surface area contributed by atoms with Gasteiger partial charge in [0.15, 0.2) is 0 Å². The first-order valence-electron chi connectivity index (χ1n) is 4.43. The number of rotatable bonds is 6. The Morgan fingerprint density at radius 3 is 2.09 bits per heavy atom. The molecule has 0 saturated heterocycles. The number of ether oxygens (including phenoxy) is 1. The average Bonchev–Trinajstić information content (AvgIpc) is 2.00. The van der Waals surface area contributed by atoms with E-state index in [1.807, 2.05) is 0 Å². The molecule has 0 aliphatic heterocycles. The van der Waals surface area contributed by atoms with Crippen molar-refractivity contribution in [2.45, 2.75) is 50.5 Å². The maximum atomic E-state index is 5.36. The van der Waals surface area contributed by atoms with Crippen molar-refractivity contribution in [3.8, 4) is 0 Å². The summed E-state index contributed by atoms with van der Waals surface area (Å²) in [5, 5.41) is 0. The lowest BCUT2D eigenvalue weighted by Gasteiger charge is -2.19. The summed E-state index contributed by atoms with van der Waals surface area (Å²) in [6.45, 7) is 4.39. The molecular weight excluding hydrogens is 204 g/mol. The molecule has 0 heterocycles. The van der Waals surface area contributed by atoms with E-state index in [0.717, 1.165) is 6.42 Å². The van der Waals surface area contributed by atoms with Crippen molar-refractivity contribution in [3.05, 3.63) is 0 Å². The van der Waals surface area contributed by atoms with Crippen molar-refractivity contribution < 1.29 is 4.74 Å². The fourth-order valence-electron chi connectivity index (χ4n) is 1.19. The topological polar surface area (TPSA) is 9.23 Å². The van der Waals surface area contributed by atoms with Crippen LogP contribution in [-0.4, -0.2) is 18.0 Å². The molecular formula is C9H19BrO. The van der Waals surface area contributed by atoms with Crippen LogP contribution in [0.2, 0.25) is 0 Å². The SMILES string of the molecule is CCC[C@H](OC)[C@@H](Br)CCC. The van der Waals surface area contributed by atoms with Crippen molar-refractivity contribution >= 4 is 15.9 Å². The highest BCUT2D eigenvalue weighted by atomic mass is 79.9. The van der Waals surface area contributed by atoms with Gasteiger partial charge in [-0.1, -0.05) is 42.6 Å². The van der Waals surface area contributed by atoms with Gasteiger partial charge in [0.2, 0.25) is 0 Å². The van der Waals surface area contributed by atoms with E-state index in [1.54, 1.807) is 7.11 Å². The van der Waals surface area contributed by atoms with Crippen LogP contribution >= 0.6 is 15.9 Å². The minimum atomic E-state index is 0.403. The predicted molar refractivity (Wildman–Crippen MR) is 53.3 cm³/mol. The quantitative estimate of drug-likeness (QED) is 0.627. The molecule has 0 bridgehead atoms. The lowest BCUT2D eigenvalue weighted by atomic mass is 10.1. The van der Waals surface area contributed by atoms with E-state index >= 15 is 0 Å². The molecule has 0 N–H and O–H groups in total. The molecule has 0 unspecified atom stereocenters. The molecule has 0 rings (SSSR count). The van der Waals surface area contributed by atoms with Crippen LogP contribution < -0.4 is 0 Å². The fourth-order valence-corrected chi connectivity index (χ4v) is 2.13. The van der Waals surface area contributed by atoms with Crippen LogP contribution in [0.25, 0.3) is 0 Å². The zero-order valence-corrected chi connectivity index (χ0v) is 9.36. The number of methoxy groups -OCH3 is 1. The van der Waals surface area contributed by atoms with E-state index in [4.69, 9.17) is 4.74 Å². The third-order valence-corrected chi connectivity index (χ3v) is 2.89. The van der Waals surface area contributed by atoms with Crippen molar-refractivity contribution in [1.29, 1.82) is 0 Å². The normalized spacial score (nSPS) is 16.4. The largest absolute Gasteiger partial charge is 0.380 e. The summed E-state index contributed by atoms with van der Waals surface area (Å²) in [4.78, 5) is 0.539. The Labute approximate surface area is 78.6 Å². The van der Waals surface area contributed by atoms with Gasteiger partial charge in [0, 0.05) is 11.9 Å². The molecule has 0 aromatic carbocycles. The van der Waals surface area contributed by atoms with E-state index in [0.29, 0.717) is 10.9 Å². The smallest absolute Gasteiger partial charge is 0.0696 e. The first kappa shape index (κ1) is 11.4. The maximum Gasteiger partial charge on any atom is 0.0696 e. The van der Waals surface area contributed by atoms with Gasteiger partial charge in [0.25, 0.3) is 0 Å².